The van der Waals surface area contributed by atoms with Crippen molar-refractivity contribution >= 4 is 39.2 Å². The summed E-state index contributed by atoms with van der Waals surface area (Å²) in [5.74, 6) is -0.988. The Morgan fingerprint density at radius 2 is 2.05 bits per heavy atom. The molecule has 0 bridgehead atoms. The highest BCUT2D eigenvalue weighted by molar-refractivity contribution is 9.10. The second-order valence-electron chi connectivity index (χ2n) is 4.42. The molecular weight excluding hydrogens is 342 g/mol. The van der Waals surface area contributed by atoms with E-state index in [9.17, 15) is 4.79 Å². The monoisotopic (exact) mass is 353 g/mol. The first-order chi connectivity index (χ1) is 9.47. The van der Waals surface area contributed by atoms with Gasteiger partial charge in [0, 0.05) is 10.5 Å². The molecule has 0 fully saturated rings. The quantitative estimate of drug-likeness (QED) is 0.814. The molecule has 0 aliphatic rings. The van der Waals surface area contributed by atoms with Crippen molar-refractivity contribution in [3.05, 3.63) is 63.1 Å². The van der Waals surface area contributed by atoms with Crippen molar-refractivity contribution < 1.29 is 9.90 Å². The summed E-state index contributed by atoms with van der Waals surface area (Å²) in [4.78, 5) is 10.9. The first kappa shape index (κ1) is 14.9. The SMILES string of the molecule is CC(Nc1ccc(C(=O)O)cc1Cl)c1cccc(Br)c1. The van der Waals surface area contributed by atoms with Crippen LogP contribution in [0.2, 0.25) is 5.02 Å². The number of anilines is 1. The molecule has 0 radical (unpaired) electrons. The topological polar surface area (TPSA) is 49.3 Å². The van der Waals surface area contributed by atoms with Crippen molar-refractivity contribution in [2.45, 2.75) is 13.0 Å². The molecule has 0 aromatic heterocycles. The Morgan fingerprint density at radius 3 is 2.65 bits per heavy atom. The lowest BCUT2D eigenvalue weighted by Gasteiger charge is -2.17. The fourth-order valence-corrected chi connectivity index (χ4v) is 2.51. The molecule has 2 aromatic rings. The van der Waals surface area contributed by atoms with E-state index in [4.69, 9.17) is 16.7 Å². The number of halogens is 2. The molecule has 1 atom stereocenters. The maximum Gasteiger partial charge on any atom is 0.335 e. The van der Waals surface area contributed by atoms with Gasteiger partial charge in [0.1, 0.15) is 0 Å². The highest BCUT2D eigenvalue weighted by Gasteiger charge is 2.10. The molecule has 0 saturated carbocycles. The van der Waals surface area contributed by atoms with E-state index in [1.54, 1.807) is 6.07 Å². The number of carboxylic acid groups (broad SMARTS) is 1. The zero-order valence-electron chi connectivity index (χ0n) is 10.7. The van der Waals surface area contributed by atoms with Crippen LogP contribution in [0.3, 0.4) is 0 Å². The molecule has 0 aliphatic heterocycles. The van der Waals surface area contributed by atoms with E-state index in [0.29, 0.717) is 10.7 Å². The predicted octanol–water partition coefficient (Wildman–Crippen LogP) is 4.97. The highest BCUT2D eigenvalue weighted by atomic mass is 79.9. The third kappa shape index (κ3) is 3.52. The number of benzene rings is 2. The van der Waals surface area contributed by atoms with Gasteiger partial charge in [0.2, 0.25) is 0 Å². The van der Waals surface area contributed by atoms with Crippen molar-refractivity contribution in [2.24, 2.45) is 0 Å². The number of carbonyl (C=O) groups is 1. The molecule has 2 aromatic carbocycles. The fraction of sp³-hybridized carbons (Fsp3) is 0.133. The first-order valence-electron chi connectivity index (χ1n) is 6.02. The van der Waals surface area contributed by atoms with Gasteiger partial charge in [-0.1, -0.05) is 39.7 Å². The Kier molecular flexibility index (Phi) is 4.68. The second-order valence-corrected chi connectivity index (χ2v) is 5.74. The van der Waals surface area contributed by atoms with Crippen molar-refractivity contribution in [1.82, 2.24) is 0 Å². The number of hydrogen-bond acceptors (Lipinski definition) is 2. The minimum Gasteiger partial charge on any atom is -0.478 e. The number of rotatable bonds is 4. The smallest absolute Gasteiger partial charge is 0.335 e. The van der Waals surface area contributed by atoms with Crippen LogP contribution in [-0.2, 0) is 0 Å². The van der Waals surface area contributed by atoms with E-state index >= 15 is 0 Å². The molecule has 1 unspecified atom stereocenters. The molecule has 0 spiro atoms. The molecule has 104 valence electrons. The van der Waals surface area contributed by atoms with Crippen molar-refractivity contribution in [1.29, 1.82) is 0 Å². The van der Waals surface area contributed by atoms with Crippen LogP contribution in [0, 0.1) is 0 Å². The third-order valence-corrected chi connectivity index (χ3v) is 3.74. The zero-order chi connectivity index (χ0) is 14.7. The Balaban J connectivity index is 2.19. The van der Waals surface area contributed by atoms with Crippen molar-refractivity contribution in [2.75, 3.05) is 5.32 Å². The normalized spacial score (nSPS) is 11.9. The summed E-state index contributed by atoms with van der Waals surface area (Å²) in [5, 5.41) is 12.6. The van der Waals surface area contributed by atoms with Gasteiger partial charge in [-0.2, -0.15) is 0 Å². The van der Waals surface area contributed by atoms with Gasteiger partial charge in [-0.15, -0.1) is 0 Å². The molecule has 0 aliphatic carbocycles. The van der Waals surface area contributed by atoms with Crippen LogP contribution in [0.4, 0.5) is 5.69 Å². The maximum atomic E-state index is 10.9. The molecule has 0 heterocycles. The van der Waals surface area contributed by atoms with Gasteiger partial charge >= 0.3 is 5.97 Å². The lowest BCUT2D eigenvalue weighted by Crippen LogP contribution is -2.07. The number of carboxylic acids is 1. The zero-order valence-corrected chi connectivity index (χ0v) is 13.1. The van der Waals surface area contributed by atoms with Crippen LogP contribution in [0.25, 0.3) is 0 Å². The molecule has 5 heteroatoms. The van der Waals surface area contributed by atoms with E-state index in [-0.39, 0.29) is 11.6 Å². The standard InChI is InChI=1S/C15H13BrClNO2/c1-9(10-3-2-4-12(16)7-10)18-14-6-5-11(15(19)20)8-13(14)17/h2-9,18H,1H3,(H,19,20). The predicted molar refractivity (Wildman–Crippen MR) is 84.6 cm³/mol. The Morgan fingerprint density at radius 1 is 1.30 bits per heavy atom. The van der Waals surface area contributed by atoms with Crippen LogP contribution >= 0.6 is 27.5 Å². The first-order valence-corrected chi connectivity index (χ1v) is 7.19. The molecule has 0 saturated heterocycles. The van der Waals surface area contributed by atoms with E-state index in [0.717, 1.165) is 10.0 Å². The van der Waals surface area contributed by atoms with Crippen LogP contribution < -0.4 is 5.32 Å². The van der Waals surface area contributed by atoms with Crippen molar-refractivity contribution in [3.8, 4) is 0 Å². The third-order valence-electron chi connectivity index (χ3n) is 2.94. The minimum atomic E-state index is -0.988. The van der Waals surface area contributed by atoms with Gasteiger partial charge in [-0.05, 0) is 42.8 Å². The Labute approximate surface area is 130 Å². The molecule has 3 nitrogen and oxygen atoms in total. The lowest BCUT2D eigenvalue weighted by molar-refractivity contribution is 0.0697. The van der Waals surface area contributed by atoms with Crippen LogP contribution in [0.5, 0.6) is 0 Å². The van der Waals surface area contributed by atoms with Crippen LogP contribution in [0.15, 0.2) is 46.9 Å². The number of hydrogen-bond donors (Lipinski definition) is 2. The summed E-state index contributed by atoms with van der Waals surface area (Å²) in [5.41, 5.74) is 2.00. The van der Waals surface area contributed by atoms with E-state index in [1.807, 2.05) is 31.2 Å². The van der Waals surface area contributed by atoms with Gasteiger partial charge < -0.3 is 10.4 Å². The summed E-state index contributed by atoms with van der Waals surface area (Å²) in [6, 6.07) is 12.7. The number of nitrogens with one attached hydrogen (secondary N) is 1. The van der Waals surface area contributed by atoms with Gasteiger partial charge in [0.25, 0.3) is 0 Å². The minimum absolute atomic E-state index is 0.0562. The molecule has 0 amide bonds. The fourth-order valence-electron chi connectivity index (χ4n) is 1.86. The van der Waals surface area contributed by atoms with E-state index < -0.39 is 5.97 Å². The molecule has 2 N–H and O–H groups in total. The molecular formula is C15H13BrClNO2. The average molecular weight is 355 g/mol. The number of aromatic carboxylic acids is 1. The van der Waals surface area contributed by atoms with Gasteiger partial charge in [0.05, 0.1) is 16.3 Å². The lowest BCUT2D eigenvalue weighted by atomic mass is 10.1. The molecule has 2 rings (SSSR count). The van der Waals surface area contributed by atoms with E-state index in [2.05, 4.69) is 21.2 Å². The second kappa shape index (κ2) is 6.29. The summed E-state index contributed by atoms with van der Waals surface area (Å²) < 4.78 is 1.01. The van der Waals surface area contributed by atoms with Crippen molar-refractivity contribution in [3.63, 3.8) is 0 Å². The van der Waals surface area contributed by atoms with E-state index in [1.165, 1.54) is 12.1 Å². The maximum absolute atomic E-state index is 10.9. The average Bonchev–Trinajstić information content (AvgIpc) is 2.40. The van der Waals surface area contributed by atoms with Gasteiger partial charge in [0.15, 0.2) is 0 Å². The molecule has 20 heavy (non-hydrogen) atoms. The summed E-state index contributed by atoms with van der Waals surface area (Å²) in [6.07, 6.45) is 0. The summed E-state index contributed by atoms with van der Waals surface area (Å²) >= 11 is 9.54. The summed E-state index contributed by atoms with van der Waals surface area (Å²) in [7, 11) is 0. The largest absolute Gasteiger partial charge is 0.478 e. The highest BCUT2D eigenvalue weighted by Crippen LogP contribution is 2.28. The Hall–Kier alpha value is -1.52. The van der Waals surface area contributed by atoms with Crippen LogP contribution in [0.1, 0.15) is 28.9 Å². The van der Waals surface area contributed by atoms with Crippen LogP contribution in [-0.4, -0.2) is 11.1 Å². The van der Waals surface area contributed by atoms with Gasteiger partial charge in [-0.3, -0.25) is 0 Å². The Bertz CT molecular complexity index is 646. The summed E-state index contributed by atoms with van der Waals surface area (Å²) in [6.45, 7) is 2.02. The van der Waals surface area contributed by atoms with Gasteiger partial charge in [-0.25, -0.2) is 4.79 Å².